The van der Waals surface area contributed by atoms with E-state index in [1.54, 1.807) is 18.2 Å². The lowest BCUT2D eigenvalue weighted by molar-refractivity contribution is -0.116. The number of amides is 1. The van der Waals surface area contributed by atoms with Crippen LogP contribution in [0.15, 0.2) is 18.2 Å². The standard InChI is InChI=1S/C16H24ClN3O/c1-11-7-12(2)10-20(9-11)6-5-16(21)19-15-4-3-13(18)8-14(15)17/h3-4,8,11-12H,5-7,9-10,18H2,1-2H3,(H,19,21). The van der Waals surface area contributed by atoms with Gasteiger partial charge in [-0.15, -0.1) is 0 Å². The third kappa shape index (κ3) is 4.90. The van der Waals surface area contributed by atoms with Crippen LogP contribution in [0.4, 0.5) is 11.4 Å². The first-order chi connectivity index (χ1) is 9.94. The van der Waals surface area contributed by atoms with Crippen molar-refractivity contribution in [2.75, 3.05) is 30.7 Å². The lowest BCUT2D eigenvalue weighted by Gasteiger charge is -2.34. The zero-order valence-electron chi connectivity index (χ0n) is 12.7. The molecule has 3 N–H and O–H groups in total. The van der Waals surface area contributed by atoms with Crippen molar-refractivity contribution in [2.24, 2.45) is 11.8 Å². The van der Waals surface area contributed by atoms with Crippen LogP contribution in [-0.2, 0) is 4.79 Å². The maximum Gasteiger partial charge on any atom is 0.225 e. The second-order valence-corrected chi connectivity index (χ2v) is 6.65. The minimum absolute atomic E-state index is 0.00690. The van der Waals surface area contributed by atoms with E-state index in [1.165, 1.54) is 6.42 Å². The van der Waals surface area contributed by atoms with Gasteiger partial charge in [-0.2, -0.15) is 0 Å². The molecule has 1 amide bonds. The highest BCUT2D eigenvalue weighted by molar-refractivity contribution is 6.34. The van der Waals surface area contributed by atoms with Gasteiger partial charge in [0.1, 0.15) is 0 Å². The van der Waals surface area contributed by atoms with E-state index >= 15 is 0 Å². The van der Waals surface area contributed by atoms with E-state index in [-0.39, 0.29) is 5.91 Å². The van der Waals surface area contributed by atoms with E-state index < -0.39 is 0 Å². The summed E-state index contributed by atoms with van der Waals surface area (Å²) in [5, 5.41) is 3.32. The van der Waals surface area contributed by atoms with Gasteiger partial charge in [0, 0.05) is 31.7 Å². The van der Waals surface area contributed by atoms with E-state index in [1.807, 2.05) is 0 Å². The fourth-order valence-corrected chi connectivity index (χ4v) is 3.32. The molecule has 0 radical (unpaired) electrons. The highest BCUT2D eigenvalue weighted by Crippen LogP contribution is 2.24. The Morgan fingerprint density at radius 1 is 1.38 bits per heavy atom. The monoisotopic (exact) mass is 309 g/mol. The quantitative estimate of drug-likeness (QED) is 0.840. The van der Waals surface area contributed by atoms with Gasteiger partial charge < -0.3 is 16.0 Å². The van der Waals surface area contributed by atoms with Crippen molar-refractivity contribution in [3.8, 4) is 0 Å². The van der Waals surface area contributed by atoms with Gasteiger partial charge in [0.2, 0.25) is 5.91 Å². The topological polar surface area (TPSA) is 58.4 Å². The van der Waals surface area contributed by atoms with Crippen LogP contribution in [0, 0.1) is 11.8 Å². The molecule has 0 aromatic heterocycles. The summed E-state index contributed by atoms with van der Waals surface area (Å²) < 4.78 is 0. The largest absolute Gasteiger partial charge is 0.399 e. The van der Waals surface area contributed by atoms with E-state index in [0.717, 1.165) is 19.6 Å². The summed E-state index contributed by atoms with van der Waals surface area (Å²) in [5.41, 5.74) is 6.85. The average Bonchev–Trinajstić information content (AvgIpc) is 2.39. The molecule has 1 heterocycles. The maximum atomic E-state index is 12.0. The molecule has 5 heteroatoms. The predicted octanol–water partition coefficient (Wildman–Crippen LogP) is 3.23. The summed E-state index contributed by atoms with van der Waals surface area (Å²) in [6.07, 6.45) is 1.77. The molecule has 2 atom stereocenters. The number of anilines is 2. The van der Waals surface area contributed by atoms with Gasteiger partial charge >= 0.3 is 0 Å². The first-order valence-electron chi connectivity index (χ1n) is 7.51. The molecular weight excluding hydrogens is 286 g/mol. The van der Waals surface area contributed by atoms with Gasteiger partial charge in [-0.3, -0.25) is 4.79 Å². The Balaban J connectivity index is 1.82. The third-order valence-corrected chi connectivity index (χ3v) is 4.18. The number of benzene rings is 1. The molecular formula is C16H24ClN3O. The molecule has 0 spiro atoms. The highest BCUT2D eigenvalue weighted by Gasteiger charge is 2.21. The van der Waals surface area contributed by atoms with Gasteiger partial charge in [0.05, 0.1) is 10.7 Å². The summed E-state index contributed by atoms with van der Waals surface area (Å²) in [7, 11) is 0. The molecule has 21 heavy (non-hydrogen) atoms. The number of halogens is 1. The van der Waals surface area contributed by atoms with E-state index in [9.17, 15) is 4.79 Å². The molecule has 1 aliphatic heterocycles. The third-order valence-electron chi connectivity index (χ3n) is 3.87. The van der Waals surface area contributed by atoms with Crippen molar-refractivity contribution < 1.29 is 4.79 Å². The first-order valence-corrected chi connectivity index (χ1v) is 7.89. The molecule has 1 aliphatic rings. The first kappa shape index (κ1) is 16.1. The van der Waals surface area contributed by atoms with Crippen LogP contribution in [0.25, 0.3) is 0 Å². The molecule has 2 rings (SSSR count). The smallest absolute Gasteiger partial charge is 0.225 e. The zero-order chi connectivity index (χ0) is 15.4. The molecule has 4 nitrogen and oxygen atoms in total. The molecule has 116 valence electrons. The fraction of sp³-hybridized carbons (Fsp3) is 0.562. The maximum absolute atomic E-state index is 12.0. The lowest BCUT2D eigenvalue weighted by atomic mass is 9.92. The Labute approximate surface area is 131 Å². The predicted molar refractivity (Wildman–Crippen MR) is 88.5 cm³/mol. The van der Waals surface area contributed by atoms with Crippen molar-refractivity contribution in [3.63, 3.8) is 0 Å². The number of likely N-dealkylation sites (tertiary alicyclic amines) is 1. The van der Waals surface area contributed by atoms with Gasteiger partial charge in [0.25, 0.3) is 0 Å². The van der Waals surface area contributed by atoms with Crippen molar-refractivity contribution in [1.29, 1.82) is 0 Å². The summed E-state index contributed by atoms with van der Waals surface area (Å²) in [5.74, 6) is 1.42. The Kier molecular flexibility index (Phi) is 5.48. The number of hydrogen-bond donors (Lipinski definition) is 2. The summed E-state index contributed by atoms with van der Waals surface area (Å²) >= 11 is 6.06. The van der Waals surface area contributed by atoms with Gasteiger partial charge in [-0.25, -0.2) is 0 Å². The van der Waals surface area contributed by atoms with E-state index in [4.69, 9.17) is 17.3 Å². The molecule has 2 unspecified atom stereocenters. The van der Waals surface area contributed by atoms with Crippen molar-refractivity contribution >= 4 is 28.9 Å². The number of nitrogens with two attached hydrogens (primary N) is 1. The zero-order valence-corrected chi connectivity index (χ0v) is 13.5. The number of nitrogens with zero attached hydrogens (tertiary/aromatic N) is 1. The number of piperidine rings is 1. The second kappa shape index (κ2) is 7.14. The van der Waals surface area contributed by atoms with Gasteiger partial charge in [-0.1, -0.05) is 25.4 Å². The number of rotatable bonds is 4. The second-order valence-electron chi connectivity index (χ2n) is 6.24. The van der Waals surface area contributed by atoms with Crippen molar-refractivity contribution in [2.45, 2.75) is 26.7 Å². The van der Waals surface area contributed by atoms with Crippen LogP contribution >= 0.6 is 11.6 Å². The average molecular weight is 310 g/mol. The van der Waals surface area contributed by atoms with Crippen LogP contribution < -0.4 is 11.1 Å². The SMILES string of the molecule is CC1CC(C)CN(CCC(=O)Nc2ccc(N)cc2Cl)C1. The molecule has 1 aromatic rings. The normalized spacial score (nSPS) is 23.0. The van der Waals surface area contributed by atoms with Crippen molar-refractivity contribution in [1.82, 2.24) is 4.90 Å². The number of carbonyl (C=O) groups excluding carboxylic acids is 1. The number of nitrogens with one attached hydrogen (secondary N) is 1. The molecule has 1 fully saturated rings. The van der Waals surface area contributed by atoms with E-state index in [2.05, 4.69) is 24.1 Å². The van der Waals surface area contributed by atoms with Gasteiger partial charge in [-0.05, 0) is 36.5 Å². The van der Waals surface area contributed by atoms with Crippen LogP contribution in [-0.4, -0.2) is 30.4 Å². The Morgan fingerprint density at radius 3 is 2.67 bits per heavy atom. The number of hydrogen-bond acceptors (Lipinski definition) is 3. The van der Waals surface area contributed by atoms with E-state index in [0.29, 0.717) is 34.7 Å². The summed E-state index contributed by atoms with van der Waals surface area (Å²) in [4.78, 5) is 14.4. The molecule has 0 bridgehead atoms. The molecule has 1 aromatic carbocycles. The lowest BCUT2D eigenvalue weighted by Crippen LogP contribution is -2.40. The minimum Gasteiger partial charge on any atom is -0.399 e. The Morgan fingerprint density at radius 2 is 2.05 bits per heavy atom. The van der Waals surface area contributed by atoms with Crippen LogP contribution in [0.5, 0.6) is 0 Å². The number of carbonyl (C=O) groups is 1. The molecule has 1 saturated heterocycles. The highest BCUT2D eigenvalue weighted by atomic mass is 35.5. The van der Waals surface area contributed by atoms with Crippen LogP contribution in [0.1, 0.15) is 26.7 Å². The fourth-order valence-electron chi connectivity index (χ4n) is 3.08. The van der Waals surface area contributed by atoms with Crippen molar-refractivity contribution in [3.05, 3.63) is 23.2 Å². The molecule has 0 saturated carbocycles. The van der Waals surface area contributed by atoms with Gasteiger partial charge in [0.15, 0.2) is 0 Å². The summed E-state index contributed by atoms with van der Waals surface area (Å²) in [6, 6.07) is 5.11. The minimum atomic E-state index is -0.00690. The summed E-state index contributed by atoms with van der Waals surface area (Å²) in [6.45, 7) is 7.52. The Bertz CT molecular complexity index is 496. The van der Waals surface area contributed by atoms with Crippen LogP contribution in [0.3, 0.4) is 0 Å². The van der Waals surface area contributed by atoms with Crippen LogP contribution in [0.2, 0.25) is 5.02 Å². The number of nitrogen functional groups attached to an aromatic ring is 1. The molecule has 0 aliphatic carbocycles. The Hall–Kier alpha value is -1.26.